The number of benzene rings is 4. The molecule has 23 heavy (non-hydrogen) atoms. The van der Waals surface area contributed by atoms with Gasteiger partial charge in [0, 0.05) is 27.2 Å². The minimum Gasteiger partial charge on any atom is -0.354 e. The molecule has 6 aromatic rings. The molecule has 1 N–H and O–H groups in total. The summed E-state index contributed by atoms with van der Waals surface area (Å²) in [6, 6.07) is 26.3. The Morgan fingerprint density at radius 1 is 0.391 bits per heavy atom. The van der Waals surface area contributed by atoms with Crippen molar-refractivity contribution < 1.29 is 0 Å². The molecule has 0 aliphatic heterocycles. The van der Waals surface area contributed by atoms with E-state index in [-0.39, 0.29) is 0 Å². The highest BCUT2D eigenvalue weighted by molar-refractivity contribution is 6.36. The first-order valence-electron chi connectivity index (χ1n) is 7.98. The van der Waals surface area contributed by atoms with Crippen LogP contribution in [0.25, 0.3) is 54.1 Å². The van der Waals surface area contributed by atoms with Crippen molar-refractivity contribution in [2.24, 2.45) is 0 Å². The van der Waals surface area contributed by atoms with Crippen molar-refractivity contribution in [2.75, 3.05) is 0 Å². The number of hydrogen-bond donors (Lipinski definition) is 1. The Balaban J connectivity index is 2.04. The van der Waals surface area contributed by atoms with Crippen molar-refractivity contribution in [1.82, 2.24) is 4.98 Å². The molecule has 0 saturated carbocycles. The minimum absolute atomic E-state index is 1.19. The van der Waals surface area contributed by atoms with E-state index in [1.165, 1.54) is 54.1 Å². The molecule has 1 nitrogen and oxygen atoms in total. The van der Waals surface area contributed by atoms with Gasteiger partial charge in [0.2, 0.25) is 0 Å². The van der Waals surface area contributed by atoms with Gasteiger partial charge in [0.15, 0.2) is 0 Å². The van der Waals surface area contributed by atoms with Gasteiger partial charge in [0.05, 0.1) is 0 Å². The maximum Gasteiger partial charge on any atom is 0.0471 e. The van der Waals surface area contributed by atoms with Crippen LogP contribution in [0.15, 0.2) is 72.8 Å². The van der Waals surface area contributed by atoms with Gasteiger partial charge in [-0.15, -0.1) is 0 Å². The molecule has 106 valence electrons. The van der Waals surface area contributed by atoms with Crippen LogP contribution in [0.2, 0.25) is 0 Å². The molecule has 0 saturated heterocycles. The third-order valence-corrected chi connectivity index (χ3v) is 5.15. The molecule has 0 amide bonds. The molecule has 0 radical (unpaired) electrons. The van der Waals surface area contributed by atoms with Gasteiger partial charge in [0.25, 0.3) is 0 Å². The number of H-pyrrole nitrogens is 1. The summed E-state index contributed by atoms with van der Waals surface area (Å²) < 4.78 is 0. The van der Waals surface area contributed by atoms with Gasteiger partial charge in [-0.05, 0) is 39.1 Å². The maximum atomic E-state index is 3.61. The van der Waals surface area contributed by atoms with Crippen LogP contribution in [0.4, 0.5) is 0 Å². The summed E-state index contributed by atoms with van der Waals surface area (Å²) in [4.78, 5) is 3.61. The monoisotopic (exact) mass is 291 g/mol. The Bertz CT molecular complexity index is 1320. The van der Waals surface area contributed by atoms with Gasteiger partial charge >= 0.3 is 0 Å². The number of pyridine rings is 1. The molecule has 0 fully saturated rings. The SMILES string of the molecule is c1ccc2c(c1)[nH]c1ccc3c4ccccc4c4ccc2c1c34. The van der Waals surface area contributed by atoms with E-state index in [9.17, 15) is 0 Å². The van der Waals surface area contributed by atoms with Crippen molar-refractivity contribution in [3.63, 3.8) is 0 Å². The first-order chi connectivity index (χ1) is 11.4. The molecule has 0 aliphatic rings. The fourth-order valence-electron chi connectivity index (χ4n) is 4.20. The highest BCUT2D eigenvalue weighted by Crippen LogP contribution is 2.42. The highest BCUT2D eigenvalue weighted by Gasteiger charge is 2.15. The normalized spacial score (nSPS) is 12.3. The third kappa shape index (κ3) is 1.29. The van der Waals surface area contributed by atoms with Gasteiger partial charge in [-0.2, -0.15) is 0 Å². The van der Waals surface area contributed by atoms with Gasteiger partial charge in [-0.3, -0.25) is 0 Å². The molecule has 5 aromatic carbocycles. The maximum absolute atomic E-state index is 3.61. The fourth-order valence-corrected chi connectivity index (χ4v) is 4.20. The van der Waals surface area contributed by atoms with Crippen LogP contribution in [-0.2, 0) is 0 Å². The number of nitrogens with one attached hydrogen (secondary N) is 1. The number of hydrogen-bond acceptors (Lipinski definition) is 0. The Morgan fingerprint density at radius 2 is 0.957 bits per heavy atom. The van der Waals surface area contributed by atoms with Gasteiger partial charge in [0.1, 0.15) is 0 Å². The average Bonchev–Trinajstić information content (AvgIpc) is 2.95. The molecule has 1 heterocycles. The second-order valence-electron chi connectivity index (χ2n) is 6.29. The first kappa shape index (κ1) is 11.5. The Hall–Kier alpha value is -3.06. The number of fused-ring (bicyclic) bond motifs is 5. The smallest absolute Gasteiger partial charge is 0.0471 e. The standard InChI is InChI=1S/C22H13N/c1-2-6-14-13(5-1)16-9-10-18-15-7-3-4-8-19(15)23-20-12-11-17(14)21(16)22(18)20/h1-12,23H. The molecular formula is C22H13N. The van der Waals surface area contributed by atoms with Crippen molar-refractivity contribution in [3.8, 4) is 0 Å². The van der Waals surface area contributed by atoms with Crippen LogP contribution in [0.5, 0.6) is 0 Å². The predicted octanol–water partition coefficient (Wildman–Crippen LogP) is 6.22. The number of para-hydroxylation sites is 1. The summed E-state index contributed by atoms with van der Waals surface area (Å²) >= 11 is 0. The van der Waals surface area contributed by atoms with E-state index in [2.05, 4.69) is 77.8 Å². The van der Waals surface area contributed by atoms with Crippen molar-refractivity contribution in [3.05, 3.63) is 72.8 Å². The van der Waals surface area contributed by atoms with E-state index in [0.29, 0.717) is 0 Å². The molecule has 1 heteroatoms. The molecule has 6 rings (SSSR count). The molecule has 0 aliphatic carbocycles. The molecule has 0 atom stereocenters. The molecular weight excluding hydrogens is 278 g/mol. The molecule has 1 aromatic heterocycles. The quantitative estimate of drug-likeness (QED) is 0.252. The van der Waals surface area contributed by atoms with Gasteiger partial charge < -0.3 is 4.98 Å². The number of aromatic nitrogens is 1. The zero-order valence-electron chi connectivity index (χ0n) is 12.4. The zero-order valence-corrected chi connectivity index (χ0v) is 12.4. The first-order valence-corrected chi connectivity index (χ1v) is 7.98. The van der Waals surface area contributed by atoms with E-state index < -0.39 is 0 Å². The third-order valence-electron chi connectivity index (χ3n) is 5.15. The van der Waals surface area contributed by atoms with E-state index in [1.54, 1.807) is 0 Å². The van der Waals surface area contributed by atoms with Crippen LogP contribution in [0.3, 0.4) is 0 Å². The van der Waals surface area contributed by atoms with Crippen molar-refractivity contribution >= 4 is 54.1 Å². The summed E-state index contributed by atoms with van der Waals surface area (Å²) in [5, 5.41) is 10.8. The van der Waals surface area contributed by atoms with E-state index >= 15 is 0 Å². The van der Waals surface area contributed by atoms with Gasteiger partial charge in [-0.1, -0.05) is 60.7 Å². The van der Waals surface area contributed by atoms with Gasteiger partial charge in [-0.25, -0.2) is 0 Å². The Kier molecular flexibility index (Phi) is 1.91. The average molecular weight is 291 g/mol. The minimum atomic E-state index is 1.19. The van der Waals surface area contributed by atoms with Crippen LogP contribution in [0, 0.1) is 0 Å². The lowest BCUT2D eigenvalue weighted by atomic mass is 9.98. The zero-order chi connectivity index (χ0) is 15.0. The Morgan fingerprint density at radius 3 is 1.70 bits per heavy atom. The highest BCUT2D eigenvalue weighted by atomic mass is 14.7. The lowest BCUT2D eigenvalue weighted by Crippen LogP contribution is -1.86. The predicted molar refractivity (Wildman–Crippen MR) is 99.5 cm³/mol. The second kappa shape index (κ2) is 3.82. The summed E-state index contributed by atoms with van der Waals surface area (Å²) in [6.45, 7) is 0. The molecule has 0 bridgehead atoms. The van der Waals surface area contributed by atoms with E-state index in [4.69, 9.17) is 0 Å². The van der Waals surface area contributed by atoms with Crippen molar-refractivity contribution in [1.29, 1.82) is 0 Å². The van der Waals surface area contributed by atoms with E-state index in [1.807, 2.05) is 0 Å². The topological polar surface area (TPSA) is 15.8 Å². The Labute approximate surface area is 132 Å². The van der Waals surface area contributed by atoms with Crippen LogP contribution in [-0.4, -0.2) is 4.98 Å². The summed E-state index contributed by atoms with van der Waals surface area (Å²) in [6.07, 6.45) is 0. The lowest BCUT2D eigenvalue weighted by molar-refractivity contribution is 1.52. The number of aromatic amines is 1. The lowest BCUT2D eigenvalue weighted by Gasteiger charge is -2.10. The molecule has 0 unspecified atom stereocenters. The summed E-state index contributed by atoms with van der Waals surface area (Å²) in [5.74, 6) is 0. The summed E-state index contributed by atoms with van der Waals surface area (Å²) in [7, 11) is 0. The number of rotatable bonds is 0. The molecule has 0 spiro atoms. The van der Waals surface area contributed by atoms with Crippen LogP contribution >= 0.6 is 0 Å². The second-order valence-corrected chi connectivity index (χ2v) is 6.29. The largest absolute Gasteiger partial charge is 0.354 e. The van der Waals surface area contributed by atoms with E-state index in [0.717, 1.165) is 0 Å². The van der Waals surface area contributed by atoms with Crippen LogP contribution in [0.1, 0.15) is 0 Å². The summed E-state index contributed by atoms with van der Waals surface area (Å²) in [5.41, 5.74) is 2.41. The fraction of sp³-hybridized carbons (Fsp3) is 0. The van der Waals surface area contributed by atoms with Crippen LogP contribution < -0.4 is 0 Å². The van der Waals surface area contributed by atoms with Crippen molar-refractivity contribution in [2.45, 2.75) is 0 Å².